The van der Waals surface area contributed by atoms with Crippen molar-refractivity contribution in [1.82, 2.24) is 4.98 Å². The van der Waals surface area contributed by atoms with Gasteiger partial charge in [0.2, 0.25) is 5.91 Å². The van der Waals surface area contributed by atoms with Gasteiger partial charge in [-0.3, -0.25) is 4.79 Å². The number of thiazole rings is 1. The Labute approximate surface area is 215 Å². The van der Waals surface area contributed by atoms with Crippen LogP contribution in [-0.4, -0.2) is 18.0 Å². The summed E-state index contributed by atoms with van der Waals surface area (Å²) in [7, 11) is 1.67. The second-order valence-electron chi connectivity index (χ2n) is 9.33. The van der Waals surface area contributed by atoms with Crippen molar-refractivity contribution in [2.45, 2.75) is 19.8 Å². The SMILES string of the molecule is COc1ccccc1C(c1ccccc1)C(C)(C)C(=O)Nc1nc(-c2cccc3ccccc23)cs1. The van der Waals surface area contributed by atoms with Gasteiger partial charge in [0.1, 0.15) is 5.75 Å². The van der Waals surface area contributed by atoms with E-state index in [9.17, 15) is 4.79 Å². The maximum absolute atomic E-state index is 13.8. The monoisotopic (exact) mass is 492 g/mol. The Hall–Kier alpha value is -3.96. The number of para-hydroxylation sites is 1. The number of aromatic nitrogens is 1. The second kappa shape index (κ2) is 9.96. The molecule has 5 heteroatoms. The summed E-state index contributed by atoms with van der Waals surface area (Å²) < 4.78 is 5.69. The Morgan fingerprint density at radius 2 is 1.58 bits per heavy atom. The van der Waals surface area contributed by atoms with Crippen molar-refractivity contribution in [1.29, 1.82) is 0 Å². The summed E-state index contributed by atoms with van der Waals surface area (Å²) in [5.41, 5.74) is 3.15. The Kier molecular flexibility index (Phi) is 6.57. The van der Waals surface area contributed by atoms with Crippen LogP contribution in [0.1, 0.15) is 30.9 Å². The van der Waals surface area contributed by atoms with E-state index in [0.717, 1.165) is 38.9 Å². The number of hydrogen-bond donors (Lipinski definition) is 1. The van der Waals surface area contributed by atoms with Gasteiger partial charge in [0.25, 0.3) is 0 Å². The quantitative estimate of drug-likeness (QED) is 0.252. The lowest BCUT2D eigenvalue weighted by atomic mass is 9.70. The number of fused-ring (bicyclic) bond motifs is 1. The van der Waals surface area contributed by atoms with E-state index >= 15 is 0 Å². The first-order chi connectivity index (χ1) is 17.5. The minimum atomic E-state index is -0.790. The third-order valence-electron chi connectivity index (χ3n) is 6.68. The van der Waals surface area contributed by atoms with Crippen LogP contribution >= 0.6 is 11.3 Å². The highest BCUT2D eigenvalue weighted by Gasteiger charge is 2.40. The molecule has 4 nitrogen and oxygen atoms in total. The molecule has 5 aromatic rings. The number of carbonyl (C=O) groups is 1. The van der Waals surface area contributed by atoms with Gasteiger partial charge in [0.05, 0.1) is 18.2 Å². The molecule has 5 rings (SSSR count). The van der Waals surface area contributed by atoms with Crippen molar-refractivity contribution in [3.8, 4) is 17.0 Å². The van der Waals surface area contributed by atoms with Crippen molar-refractivity contribution in [3.63, 3.8) is 0 Å². The second-order valence-corrected chi connectivity index (χ2v) is 10.2. The minimum absolute atomic E-state index is 0.0962. The number of nitrogens with one attached hydrogen (secondary N) is 1. The maximum atomic E-state index is 13.8. The number of hydrogen-bond acceptors (Lipinski definition) is 4. The van der Waals surface area contributed by atoms with E-state index < -0.39 is 5.41 Å². The number of nitrogens with zero attached hydrogens (tertiary/aromatic N) is 1. The Bertz CT molecular complexity index is 1500. The predicted octanol–water partition coefficient (Wildman–Crippen LogP) is 7.77. The van der Waals surface area contributed by atoms with Crippen LogP contribution in [0.15, 0.2) is 102 Å². The normalized spacial score (nSPS) is 12.3. The first-order valence-corrected chi connectivity index (χ1v) is 12.8. The fourth-order valence-corrected chi connectivity index (χ4v) is 5.53. The van der Waals surface area contributed by atoms with Crippen LogP contribution < -0.4 is 10.1 Å². The molecule has 0 aliphatic carbocycles. The molecule has 1 heterocycles. The number of rotatable bonds is 7. The summed E-state index contributed by atoms with van der Waals surface area (Å²) in [6.45, 7) is 3.96. The highest BCUT2D eigenvalue weighted by atomic mass is 32.1. The van der Waals surface area contributed by atoms with Gasteiger partial charge in [-0.25, -0.2) is 4.98 Å². The van der Waals surface area contributed by atoms with Crippen LogP contribution in [-0.2, 0) is 4.79 Å². The summed E-state index contributed by atoms with van der Waals surface area (Å²) >= 11 is 1.44. The van der Waals surface area contributed by atoms with Crippen LogP contribution in [0.5, 0.6) is 5.75 Å². The number of anilines is 1. The molecule has 0 aliphatic heterocycles. The fraction of sp³-hybridized carbons (Fsp3) is 0.161. The molecule has 0 fully saturated rings. The standard InChI is InChI=1S/C31H28N2O2S/c1-31(2,28(22-13-5-4-6-14-22)25-17-9-10-19-27(25)35-3)29(34)33-30-32-26(20-36-30)24-18-11-15-21-12-7-8-16-23(21)24/h4-20,28H,1-3H3,(H,32,33,34). The average Bonchev–Trinajstić information content (AvgIpc) is 3.37. The summed E-state index contributed by atoms with van der Waals surface area (Å²) in [6, 6.07) is 32.5. The van der Waals surface area contributed by atoms with Gasteiger partial charge in [0.15, 0.2) is 5.13 Å². The molecular formula is C31H28N2O2S. The summed E-state index contributed by atoms with van der Waals surface area (Å²) in [5, 5.41) is 8.00. The smallest absolute Gasteiger partial charge is 0.232 e. The Balaban J connectivity index is 1.48. The summed E-state index contributed by atoms with van der Waals surface area (Å²) in [6.07, 6.45) is 0. The molecule has 0 saturated carbocycles. The zero-order valence-corrected chi connectivity index (χ0v) is 21.4. The number of carbonyl (C=O) groups excluding carboxylic acids is 1. The molecule has 0 bridgehead atoms. The maximum Gasteiger partial charge on any atom is 0.232 e. The molecule has 180 valence electrons. The third kappa shape index (κ3) is 4.50. The lowest BCUT2D eigenvalue weighted by Crippen LogP contribution is -2.37. The zero-order valence-electron chi connectivity index (χ0n) is 20.6. The first-order valence-electron chi connectivity index (χ1n) is 11.9. The van der Waals surface area contributed by atoms with Crippen molar-refractivity contribution in [2.24, 2.45) is 5.41 Å². The molecule has 1 amide bonds. The number of ether oxygens (including phenoxy) is 1. The molecule has 0 saturated heterocycles. The molecule has 36 heavy (non-hydrogen) atoms. The largest absolute Gasteiger partial charge is 0.496 e. The molecule has 1 aromatic heterocycles. The Morgan fingerprint density at radius 3 is 2.39 bits per heavy atom. The highest BCUT2D eigenvalue weighted by molar-refractivity contribution is 7.14. The van der Waals surface area contributed by atoms with Gasteiger partial charge in [-0.05, 0) is 22.4 Å². The van der Waals surface area contributed by atoms with E-state index in [4.69, 9.17) is 9.72 Å². The van der Waals surface area contributed by atoms with Gasteiger partial charge < -0.3 is 10.1 Å². The van der Waals surface area contributed by atoms with E-state index in [1.54, 1.807) is 7.11 Å². The number of benzene rings is 4. The lowest BCUT2D eigenvalue weighted by Gasteiger charge is -2.34. The van der Waals surface area contributed by atoms with Crippen LogP contribution in [0.3, 0.4) is 0 Å². The van der Waals surface area contributed by atoms with Crippen LogP contribution in [0, 0.1) is 5.41 Å². The number of methoxy groups -OCH3 is 1. The molecule has 1 unspecified atom stereocenters. The molecule has 1 atom stereocenters. The van der Waals surface area contributed by atoms with Crippen molar-refractivity contribution in [2.75, 3.05) is 12.4 Å². The van der Waals surface area contributed by atoms with E-state index in [1.807, 2.05) is 79.9 Å². The average molecular weight is 493 g/mol. The zero-order chi connectivity index (χ0) is 25.1. The van der Waals surface area contributed by atoms with E-state index in [0.29, 0.717) is 5.13 Å². The molecule has 1 N–H and O–H groups in total. The summed E-state index contributed by atoms with van der Waals surface area (Å²) in [4.78, 5) is 18.6. The van der Waals surface area contributed by atoms with Gasteiger partial charge in [0, 0.05) is 22.4 Å². The van der Waals surface area contributed by atoms with E-state index in [-0.39, 0.29) is 11.8 Å². The molecule has 0 spiro atoms. The fourth-order valence-electron chi connectivity index (χ4n) is 4.83. The van der Waals surface area contributed by atoms with Crippen LogP contribution in [0.2, 0.25) is 0 Å². The van der Waals surface area contributed by atoms with Crippen LogP contribution in [0.25, 0.3) is 22.0 Å². The van der Waals surface area contributed by atoms with Crippen molar-refractivity contribution in [3.05, 3.63) is 114 Å². The third-order valence-corrected chi connectivity index (χ3v) is 7.44. The first kappa shape index (κ1) is 23.8. The predicted molar refractivity (Wildman–Crippen MR) is 149 cm³/mol. The topological polar surface area (TPSA) is 51.2 Å². The van der Waals surface area contributed by atoms with Gasteiger partial charge in [-0.2, -0.15) is 0 Å². The van der Waals surface area contributed by atoms with E-state index in [1.165, 1.54) is 11.3 Å². The summed E-state index contributed by atoms with van der Waals surface area (Å²) in [5.74, 6) is 0.452. The van der Waals surface area contributed by atoms with Gasteiger partial charge >= 0.3 is 0 Å². The molecular weight excluding hydrogens is 464 g/mol. The van der Waals surface area contributed by atoms with Crippen molar-refractivity contribution < 1.29 is 9.53 Å². The highest BCUT2D eigenvalue weighted by Crippen LogP contribution is 2.45. The van der Waals surface area contributed by atoms with E-state index in [2.05, 4.69) is 41.7 Å². The molecule has 4 aromatic carbocycles. The number of amides is 1. The van der Waals surface area contributed by atoms with Gasteiger partial charge in [-0.15, -0.1) is 11.3 Å². The van der Waals surface area contributed by atoms with Gasteiger partial charge in [-0.1, -0.05) is 105 Å². The molecule has 0 aliphatic rings. The van der Waals surface area contributed by atoms with Crippen molar-refractivity contribution >= 4 is 33.1 Å². The lowest BCUT2D eigenvalue weighted by molar-refractivity contribution is -0.124. The minimum Gasteiger partial charge on any atom is -0.496 e. The molecule has 0 radical (unpaired) electrons. The van der Waals surface area contributed by atoms with Crippen LogP contribution in [0.4, 0.5) is 5.13 Å². The Morgan fingerprint density at radius 1 is 0.889 bits per heavy atom.